The van der Waals surface area contributed by atoms with Gasteiger partial charge in [0.2, 0.25) is 0 Å². The van der Waals surface area contributed by atoms with E-state index >= 15 is 0 Å². The number of nitrogens with zero attached hydrogens (tertiary/aromatic N) is 1. The van der Waals surface area contributed by atoms with Gasteiger partial charge in [-0.2, -0.15) is 0 Å². The standard InChI is InChI=1S/C12H18BrN3/c13-10-5-4-8-15-11(10)16-12(9-14)6-2-1-3-7-12/h4-5,8H,1-3,6-7,9,14H2,(H,15,16). The Hall–Kier alpha value is -0.610. The average molecular weight is 284 g/mol. The number of aromatic nitrogens is 1. The molecule has 4 heteroatoms. The molecule has 88 valence electrons. The van der Waals surface area contributed by atoms with Gasteiger partial charge in [-0.1, -0.05) is 19.3 Å². The van der Waals surface area contributed by atoms with E-state index < -0.39 is 0 Å². The Morgan fingerprint density at radius 3 is 2.75 bits per heavy atom. The molecule has 16 heavy (non-hydrogen) atoms. The lowest BCUT2D eigenvalue weighted by molar-refractivity contribution is 0.330. The van der Waals surface area contributed by atoms with Gasteiger partial charge in [-0.15, -0.1) is 0 Å². The predicted octanol–water partition coefficient (Wildman–Crippen LogP) is 2.92. The molecule has 0 bridgehead atoms. The SMILES string of the molecule is NCC1(Nc2ncccc2Br)CCCCC1. The van der Waals surface area contributed by atoms with E-state index in [9.17, 15) is 0 Å². The second-order valence-corrected chi connectivity index (χ2v) is 5.36. The van der Waals surface area contributed by atoms with Crippen LogP contribution in [0.15, 0.2) is 22.8 Å². The molecular formula is C12H18BrN3. The van der Waals surface area contributed by atoms with Crippen LogP contribution in [-0.4, -0.2) is 17.1 Å². The zero-order valence-electron chi connectivity index (χ0n) is 9.38. The van der Waals surface area contributed by atoms with E-state index in [-0.39, 0.29) is 5.54 Å². The molecule has 1 heterocycles. The summed E-state index contributed by atoms with van der Waals surface area (Å²) in [5, 5.41) is 3.53. The zero-order valence-corrected chi connectivity index (χ0v) is 11.0. The van der Waals surface area contributed by atoms with Gasteiger partial charge in [-0.05, 0) is 40.9 Å². The summed E-state index contributed by atoms with van der Waals surface area (Å²) < 4.78 is 1.01. The van der Waals surface area contributed by atoms with Crippen molar-refractivity contribution in [2.75, 3.05) is 11.9 Å². The van der Waals surface area contributed by atoms with Crippen LogP contribution in [0.4, 0.5) is 5.82 Å². The maximum Gasteiger partial charge on any atom is 0.140 e. The molecule has 0 spiro atoms. The molecule has 1 saturated carbocycles. The maximum atomic E-state index is 5.93. The first-order valence-electron chi connectivity index (χ1n) is 5.85. The molecule has 0 atom stereocenters. The summed E-state index contributed by atoms with van der Waals surface area (Å²) in [6.07, 6.45) is 7.94. The molecule has 1 aliphatic rings. The summed E-state index contributed by atoms with van der Waals surface area (Å²) in [4.78, 5) is 4.35. The van der Waals surface area contributed by atoms with Crippen LogP contribution < -0.4 is 11.1 Å². The van der Waals surface area contributed by atoms with Crippen molar-refractivity contribution in [3.63, 3.8) is 0 Å². The van der Waals surface area contributed by atoms with Gasteiger partial charge in [0.05, 0.1) is 10.0 Å². The van der Waals surface area contributed by atoms with Crippen LogP contribution in [0.2, 0.25) is 0 Å². The van der Waals surface area contributed by atoms with Crippen molar-refractivity contribution in [2.24, 2.45) is 5.73 Å². The van der Waals surface area contributed by atoms with Crippen molar-refractivity contribution in [1.29, 1.82) is 0 Å². The third-order valence-corrected chi connectivity index (χ3v) is 3.98. The quantitative estimate of drug-likeness (QED) is 0.897. The molecule has 0 radical (unpaired) electrons. The number of nitrogens with one attached hydrogen (secondary N) is 1. The second kappa shape index (κ2) is 5.15. The topological polar surface area (TPSA) is 50.9 Å². The smallest absolute Gasteiger partial charge is 0.140 e. The molecular weight excluding hydrogens is 266 g/mol. The van der Waals surface area contributed by atoms with Gasteiger partial charge >= 0.3 is 0 Å². The Morgan fingerprint density at radius 2 is 2.12 bits per heavy atom. The Kier molecular flexibility index (Phi) is 3.82. The zero-order chi connectivity index (χ0) is 11.4. The molecule has 1 fully saturated rings. The maximum absolute atomic E-state index is 5.93. The highest BCUT2D eigenvalue weighted by Crippen LogP contribution is 2.32. The largest absolute Gasteiger partial charge is 0.362 e. The van der Waals surface area contributed by atoms with Gasteiger partial charge in [0, 0.05) is 12.7 Å². The molecule has 1 aromatic rings. The van der Waals surface area contributed by atoms with Crippen molar-refractivity contribution >= 4 is 21.7 Å². The Balaban J connectivity index is 2.15. The first kappa shape index (κ1) is 11.9. The third-order valence-electron chi connectivity index (χ3n) is 3.34. The molecule has 0 aliphatic heterocycles. The number of halogens is 1. The first-order valence-corrected chi connectivity index (χ1v) is 6.64. The van der Waals surface area contributed by atoms with E-state index in [0.29, 0.717) is 6.54 Å². The fraction of sp³-hybridized carbons (Fsp3) is 0.583. The molecule has 1 aromatic heterocycles. The highest BCUT2D eigenvalue weighted by molar-refractivity contribution is 9.10. The van der Waals surface area contributed by atoms with Crippen molar-refractivity contribution in [2.45, 2.75) is 37.6 Å². The van der Waals surface area contributed by atoms with Crippen LogP contribution >= 0.6 is 15.9 Å². The number of pyridine rings is 1. The molecule has 0 aromatic carbocycles. The van der Waals surface area contributed by atoms with E-state index in [4.69, 9.17) is 5.73 Å². The highest BCUT2D eigenvalue weighted by atomic mass is 79.9. The number of hydrogen-bond donors (Lipinski definition) is 2. The Labute approximate surface area is 105 Å². The molecule has 3 N–H and O–H groups in total. The van der Waals surface area contributed by atoms with E-state index in [2.05, 4.69) is 26.2 Å². The number of nitrogens with two attached hydrogens (primary N) is 1. The minimum absolute atomic E-state index is 0.0507. The summed E-state index contributed by atoms with van der Waals surface area (Å²) in [5.74, 6) is 0.912. The van der Waals surface area contributed by atoms with Crippen LogP contribution in [0.25, 0.3) is 0 Å². The van der Waals surface area contributed by atoms with Gasteiger partial charge in [-0.3, -0.25) is 0 Å². The summed E-state index contributed by atoms with van der Waals surface area (Å²) in [7, 11) is 0. The second-order valence-electron chi connectivity index (χ2n) is 4.50. The predicted molar refractivity (Wildman–Crippen MR) is 70.4 cm³/mol. The third kappa shape index (κ3) is 2.55. The van der Waals surface area contributed by atoms with Crippen molar-refractivity contribution in [3.8, 4) is 0 Å². The van der Waals surface area contributed by atoms with Gasteiger partial charge in [0.1, 0.15) is 5.82 Å². The van der Waals surface area contributed by atoms with E-state index in [0.717, 1.165) is 23.1 Å². The van der Waals surface area contributed by atoms with E-state index in [1.165, 1.54) is 19.3 Å². The van der Waals surface area contributed by atoms with Crippen LogP contribution in [0.5, 0.6) is 0 Å². The van der Waals surface area contributed by atoms with Crippen LogP contribution in [-0.2, 0) is 0 Å². The summed E-state index contributed by atoms with van der Waals surface area (Å²) >= 11 is 3.51. The fourth-order valence-corrected chi connectivity index (χ4v) is 2.69. The highest BCUT2D eigenvalue weighted by Gasteiger charge is 2.31. The van der Waals surface area contributed by atoms with Crippen LogP contribution in [0, 0.1) is 0 Å². The number of rotatable bonds is 3. The van der Waals surface area contributed by atoms with E-state index in [1.54, 1.807) is 6.20 Å². The summed E-state index contributed by atoms with van der Waals surface area (Å²) in [6.45, 7) is 0.677. The van der Waals surface area contributed by atoms with Gasteiger partial charge < -0.3 is 11.1 Å². The van der Waals surface area contributed by atoms with Crippen molar-refractivity contribution < 1.29 is 0 Å². The number of hydrogen-bond acceptors (Lipinski definition) is 3. The van der Waals surface area contributed by atoms with E-state index in [1.807, 2.05) is 12.1 Å². The molecule has 0 unspecified atom stereocenters. The lowest BCUT2D eigenvalue weighted by Gasteiger charge is -2.37. The average Bonchev–Trinajstić information content (AvgIpc) is 2.33. The first-order chi connectivity index (χ1) is 7.76. The monoisotopic (exact) mass is 283 g/mol. The van der Waals surface area contributed by atoms with Crippen molar-refractivity contribution in [1.82, 2.24) is 4.98 Å². The van der Waals surface area contributed by atoms with Gasteiger partial charge in [0.15, 0.2) is 0 Å². The molecule has 0 saturated heterocycles. The Morgan fingerprint density at radius 1 is 1.38 bits per heavy atom. The van der Waals surface area contributed by atoms with Crippen LogP contribution in [0.1, 0.15) is 32.1 Å². The van der Waals surface area contributed by atoms with Gasteiger partial charge in [0.25, 0.3) is 0 Å². The molecule has 0 amide bonds. The lowest BCUT2D eigenvalue weighted by Crippen LogP contribution is -2.47. The number of anilines is 1. The minimum Gasteiger partial charge on any atom is -0.362 e. The van der Waals surface area contributed by atoms with Gasteiger partial charge in [-0.25, -0.2) is 4.98 Å². The van der Waals surface area contributed by atoms with Crippen molar-refractivity contribution in [3.05, 3.63) is 22.8 Å². The Bertz CT molecular complexity index is 348. The fourth-order valence-electron chi connectivity index (χ4n) is 2.34. The van der Waals surface area contributed by atoms with Crippen LogP contribution in [0.3, 0.4) is 0 Å². The minimum atomic E-state index is 0.0507. The summed E-state index contributed by atoms with van der Waals surface area (Å²) in [5.41, 5.74) is 5.98. The molecule has 1 aliphatic carbocycles. The normalized spacial score (nSPS) is 19.4. The molecule has 3 nitrogen and oxygen atoms in total. The molecule has 2 rings (SSSR count). The summed E-state index contributed by atoms with van der Waals surface area (Å²) in [6, 6.07) is 3.92. The lowest BCUT2D eigenvalue weighted by atomic mass is 9.81.